The van der Waals surface area contributed by atoms with Crippen LogP contribution in [0.2, 0.25) is 0 Å². The van der Waals surface area contributed by atoms with Crippen LogP contribution in [0.15, 0.2) is 0 Å². The molecule has 7 heteroatoms. The Bertz CT molecular complexity index is 15.6. The van der Waals surface area contributed by atoms with Crippen LogP contribution in [-0.2, 0) is 0 Å². The van der Waals surface area contributed by atoms with E-state index in [1.54, 1.807) is 0 Å². The van der Waals surface area contributed by atoms with Crippen molar-refractivity contribution >= 4 is 18.9 Å². The van der Waals surface area contributed by atoms with Crippen molar-refractivity contribution < 1.29 is 21.8 Å². The molecule has 0 rings (SSSR count). The molecule has 0 bridgehead atoms. The summed E-state index contributed by atoms with van der Waals surface area (Å²) in [6, 6.07) is 0. The van der Waals surface area contributed by atoms with Gasteiger partial charge in [0.05, 0.1) is 0 Å². The van der Waals surface area contributed by atoms with Gasteiger partial charge >= 0.3 is 18.9 Å². The van der Waals surface area contributed by atoms with Crippen molar-refractivity contribution in [1.82, 2.24) is 0 Å². The van der Waals surface area contributed by atoms with Crippen molar-refractivity contribution in [3.8, 4) is 0 Å². The zero-order valence-corrected chi connectivity index (χ0v) is 2.82. The number of hydrogen-bond acceptors (Lipinski definition) is 2. The van der Waals surface area contributed by atoms with Gasteiger partial charge in [0, 0.05) is 5.34 Å². The van der Waals surface area contributed by atoms with Crippen LogP contribution in [0.1, 0.15) is 0 Å². The average molecular weight is 109 g/mol. The zero-order chi connectivity index (χ0) is 2.71. The minimum atomic E-state index is 0. The van der Waals surface area contributed by atoms with Gasteiger partial charge in [0.25, 0.3) is 0 Å². The van der Waals surface area contributed by atoms with Crippen LogP contribution in [0.3, 0.4) is 0 Å². The molecule has 0 aliphatic carbocycles. The van der Waals surface area contributed by atoms with E-state index in [4.69, 9.17) is 10.1 Å². The van der Waals surface area contributed by atoms with E-state index in [0.29, 0.717) is 0 Å². The third-order valence-corrected chi connectivity index (χ3v) is 0. The van der Waals surface area contributed by atoms with Gasteiger partial charge in [0.15, 0.2) is 0 Å². The van der Waals surface area contributed by atoms with Crippen molar-refractivity contribution in [3.05, 3.63) is 10.1 Å². The van der Waals surface area contributed by atoms with E-state index in [0.717, 1.165) is 0 Å². The predicted octanol–water partition coefficient (Wildman–Crippen LogP) is -4.79. The van der Waals surface area contributed by atoms with Crippen LogP contribution in [-0.4, -0.2) is 35.3 Å². The molecule has 0 saturated heterocycles. The summed E-state index contributed by atoms with van der Waals surface area (Å²) >= 11 is 0. The second-order valence-electron chi connectivity index (χ2n) is 0.0833. The first kappa shape index (κ1) is 67.4. The molecule has 44 valence electrons. The summed E-state index contributed by atoms with van der Waals surface area (Å²) in [6.07, 6.45) is 0. The number of hydrogen-bond donors (Lipinski definition) is 1. The van der Waals surface area contributed by atoms with Crippen molar-refractivity contribution in [2.45, 2.75) is 0 Å². The van der Waals surface area contributed by atoms with Gasteiger partial charge in [-0.25, -0.2) is 0 Å². The first-order valence-electron chi connectivity index (χ1n) is 0.408. The Balaban J connectivity index is -0.00000000333. The van der Waals surface area contributed by atoms with Crippen LogP contribution in [0, 0.1) is 10.1 Å². The van der Waals surface area contributed by atoms with Gasteiger partial charge in [-0.05, 0) is 0 Å². The van der Waals surface area contributed by atoms with Crippen LogP contribution in [0.5, 0.6) is 0 Å². The molecule has 0 aliphatic rings. The van der Waals surface area contributed by atoms with Gasteiger partial charge in [0.2, 0.25) is 0 Å². The van der Waals surface area contributed by atoms with E-state index < -0.39 is 0 Å². The normalized spacial score (nSPS) is 1.71. The van der Waals surface area contributed by atoms with E-state index in [2.05, 4.69) is 0 Å². The minimum absolute atomic E-state index is 0. The fraction of sp³-hybridized carbons (Fsp3) is 0. The molecule has 0 aliphatic heterocycles. The van der Waals surface area contributed by atoms with Gasteiger partial charge in [0.1, 0.15) is 0 Å². The molecule has 0 saturated carbocycles. The summed E-state index contributed by atoms with van der Waals surface area (Å²) in [7, 11) is 0. The molecule has 0 radical (unpaired) electrons. The first-order valence-corrected chi connectivity index (χ1v) is 0.408. The second kappa shape index (κ2) is 182. The summed E-state index contributed by atoms with van der Waals surface area (Å²) in [5.74, 6) is 0. The van der Waals surface area contributed by atoms with Gasteiger partial charge in [-0.2, -0.15) is 0 Å². The summed E-state index contributed by atoms with van der Waals surface area (Å²) in [5.41, 5.74) is 0. The third-order valence-electron chi connectivity index (χ3n) is 0. The Hall–Kier alpha value is -0.123. The van der Waals surface area contributed by atoms with Crippen LogP contribution >= 0.6 is 0 Å². The second-order valence-corrected chi connectivity index (χ2v) is 0.0833. The number of rotatable bonds is 0. The summed E-state index contributed by atoms with van der Waals surface area (Å²) < 4.78 is 0. The van der Waals surface area contributed by atoms with Gasteiger partial charge in [-0.3, -0.25) is 10.1 Å². The Morgan fingerprint density at radius 3 is 1.14 bits per heavy atom. The molecule has 0 aromatic rings. The predicted molar refractivity (Wildman–Crippen MR) is 25.7 cm³/mol. The van der Waals surface area contributed by atoms with Crippen LogP contribution in [0.4, 0.5) is 0 Å². The van der Waals surface area contributed by atoms with E-state index in [-0.39, 0.29) is 40.6 Å². The van der Waals surface area contributed by atoms with E-state index >= 15 is 0 Å². The molecule has 0 amide bonds. The summed E-state index contributed by atoms with van der Waals surface area (Å²) in [4.78, 5) is 8.12. The molecule has 0 unspecified atom stereocenters. The average Bonchev–Trinajstić information content (AvgIpc) is 0.918. The molecular weight excluding hydrogens is 101 g/mol. The Morgan fingerprint density at radius 2 is 1.14 bits per heavy atom. The topological polar surface area (TPSA) is 149 Å². The molecule has 0 heterocycles. The molecule has 0 spiro atoms. The Labute approximate surface area is 51.6 Å². The third kappa shape index (κ3) is 5880. The van der Waals surface area contributed by atoms with E-state index in [1.165, 1.54) is 0 Å². The maximum absolute atomic E-state index is 8.12. The van der Waals surface area contributed by atoms with Gasteiger partial charge in [-0.1, -0.05) is 0 Å². The van der Waals surface area contributed by atoms with Crippen LogP contribution in [0.25, 0.3) is 0 Å². The van der Waals surface area contributed by atoms with Crippen LogP contribution < -0.4 is 5.34 Å². The molecule has 0 aromatic heterocycles. The fourth-order valence-corrected chi connectivity index (χ4v) is 0. The van der Waals surface area contributed by atoms with Crippen molar-refractivity contribution in [3.63, 3.8) is 0 Å². The van der Waals surface area contributed by atoms with Crippen molar-refractivity contribution in [2.75, 3.05) is 0 Å². The monoisotopic (exact) mass is 109 g/mol. The zero-order valence-electron chi connectivity index (χ0n) is 2.82. The van der Waals surface area contributed by atoms with E-state index in [1.807, 2.05) is 0 Å². The standard InChI is InChI=1S/Li.HNO2.3H2O.H/c;2-1-3;;;;/h;1H;3*1H2;. The van der Waals surface area contributed by atoms with Gasteiger partial charge < -0.3 is 16.4 Å². The van der Waals surface area contributed by atoms with E-state index in [9.17, 15) is 0 Å². The first-order chi connectivity index (χ1) is 1.41. The Morgan fingerprint density at radius 1 is 1.14 bits per heavy atom. The van der Waals surface area contributed by atoms with Gasteiger partial charge in [-0.15, -0.1) is 0 Å². The maximum atomic E-state index is 8.12. The number of nitrogens with one attached hydrogen (secondary N) is 1. The molecule has 7 N–H and O–H groups in total. The SMILES string of the molecule is O.O.O.O=[NH+][O-].[LiH]. The summed E-state index contributed by atoms with van der Waals surface area (Å²) in [5, 5.41) is 8.38. The molecule has 7 heavy (non-hydrogen) atoms. The Kier molecular flexibility index (Phi) is 1750. The molecule has 0 atom stereocenters. The molecule has 0 aromatic carbocycles. The summed E-state index contributed by atoms with van der Waals surface area (Å²) in [6.45, 7) is 0. The molecular formula is H8LiNO5. The quantitative estimate of drug-likeness (QED) is 0.189. The van der Waals surface area contributed by atoms with Crippen molar-refractivity contribution in [1.29, 1.82) is 0 Å². The molecule has 0 fully saturated rings. The fourth-order valence-electron chi connectivity index (χ4n) is 0. The molecule has 6 nitrogen and oxygen atoms in total. The van der Waals surface area contributed by atoms with Crippen molar-refractivity contribution in [2.24, 2.45) is 0 Å².